The van der Waals surface area contributed by atoms with Crippen LogP contribution >= 0.6 is 23.6 Å². The Hall–Kier alpha value is -2.19. The minimum Gasteiger partial charge on any atom is -0.478 e. The summed E-state index contributed by atoms with van der Waals surface area (Å²) in [6, 6.07) is 1.98. The number of thiocarbonyl (C=S) groups is 1. The summed E-state index contributed by atoms with van der Waals surface area (Å²) in [6.45, 7) is 3.93. The zero-order valence-electron chi connectivity index (χ0n) is 14.1. The number of carboxylic acid groups (broad SMARTS) is 1. The van der Waals surface area contributed by atoms with Crippen LogP contribution in [0, 0.1) is 13.8 Å². The van der Waals surface area contributed by atoms with Gasteiger partial charge in [0.2, 0.25) is 0 Å². The molecule has 1 aliphatic carbocycles. The molecule has 2 aromatic heterocycles. The lowest BCUT2D eigenvalue weighted by Gasteiger charge is -2.11. The van der Waals surface area contributed by atoms with Crippen molar-refractivity contribution < 1.29 is 9.90 Å². The molecule has 0 aliphatic heterocycles. The molecule has 0 radical (unpaired) electrons. The van der Waals surface area contributed by atoms with Crippen LogP contribution in [0.2, 0.25) is 0 Å². The van der Waals surface area contributed by atoms with Crippen LogP contribution in [0.15, 0.2) is 11.2 Å². The van der Waals surface area contributed by atoms with E-state index in [4.69, 9.17) is 18.0 Å². The molecule has 0 saturated heterocycles. The number of aromatic carboxylic acids is 1. The van der Waals surface area contributed by atoms with Gasteiger partial charge in [0.15, 0.2) is 5.11 Å². The minimum atomic E-state index is -0.854. The van der Waals surface area contributed by atoms with Crippen LogP contribution in [0.1, 0.15) is 50.6 Å². The van der Waals surface area contributed by atoms with Crippen molar-refractivity contribution in [2.45, 2.75) is 39.5 Å². The van der Waals surface area contributed by atoms with Crippen molar-refractivity contribution in [1.82, 2.24) is 9.99 Å². The fourth-order valence-corrected chi connectivity index (χ4v) is 4.87. The third-order valence-corrected chi connectivity index (χ3v) is 5.79. The number of carbonyl (C=O) groups is 1. The fourth-order valence-electron chi connectivity index (χ4n) is 3.33. The summed E-state index contributed by atoms with van der Waals surface area (Å²) in [5.74, 6) is -0.854. The number of fused-ring (bicyclic) bond motifs is 1. The molecule has 3 rings (SSSR count). The van der Waals surface area contributed by atoms with Gasteiger partial charge >= 0.3 is 5.97 Å². The van der Waals surface area contributed by atoms with E-state index in [1.54, 1.807) is 17.6 Å². The molecular weight excluding hydrogens is 356 g/mol. The second kappa shape index (κ2) is 6.97. The van der Waals surface area contributed by atoms with Crippen molar-refractivity contribution >= 4 is 40.9 Å². The number of aromatic nitrogens is 1. The maximum absolute atomic E-state index is 11.9. The molecule has 132 valence electrons. The Morgan fingerprint density at radius 3 is 2.84 bits per heavy atom. The molecule has 0 atom stereocenters. The first-order valence-electron chi connectivity index (χ1n) is 8.05. The molecule has 6 nitrogen and oxygen atoms in total. The van der Waals surface area contributed by atoms with E-state index in [0.29, 0.717) is 5.56 Å². The monoisotopic (exact) mass is 376 g/mol. The van der Waals surface area contributed by atoms with E-state index in [1.165, 1.54) is 4.88 Å². The average molecular weight is 377 g/mol. The van der Waals surface area contributed by atoms with Crippen LogP contribution < -0.4 is 11.2 Å². The van der Waals surface area contributed by atoms with Gasteiger partial charge in [0.05, 0.1) is 11.8 Å². The van der Waals surface area contributed by atoms with Crippen molar-refractivity contribution in [2.75, 3.05) is 0 Å². The Morgan fingerprint density at radius 1 is 1.44 bits per heavy atom. The Balaban J connectivity index is 2.10. The normalized spacial score (nSPS) is 13.8. The SMILES string of the molecule is Cc1cc(/C=N/NC(N)=S)c(C)n1-c1sc2c(c1C(=O)O)CCCC2. The smallest absolute Gasteiger partial charge is 0.339 e. The predicted molar refractivity (Wildman–Crippen MR) is 104 cm³/mol. The summed E-state index contributed by atoms with van der Waals surface area (Å²) in [4.78, 5) is 13.1. The number of nitrogens with one attached hydrogen (secondary N) is 1. The average Bonchev–Trinajstić information content (AvgIpc) is 3.04. The lowest BCUT2D eigenvalue weighted by molar-refractivity contribution is 0.0696. The number of nitrogens with two attached hydrogens (primary N) is 1. The Bertz CT molecular complexity index is 880. The molecule has 2 aromatic rings. The first kappa shape index (κ1) is 17.6. The van der Waals surface area contributed by atoms with Gasteiger partial charge in [-0.3, -0.25) is 5.43 Å². The maximum atomic E-state index is 11.9. The number of hydrogen-bond acceptors (Lipinski definition) is 4. The van der Waals surface area contributed by atoms with Crippen molar-refractivity contribution in [1.29, 1.82) is 0 Å². The highest BCUT2D eigenvalue weighted by Crippen LogP contribution is 2.38. The van der Waals surface area contributed by atoms with Gasteiger partial charge in [0, 0.05) is 21.8 Å². The highest BCUT2D eigenvalue weighted by Gasteiger charge is 2.27. The van der Waals surface area contributed by atoms with Gasteiger partial charge in [0.25, 0.3) is 0 Å². The van der Waals surface area contributed by atoms with Crippen molar-refractivity contribution in [3.63, 3.8) is 0 Å². The number of hydrogen-bond donors (Lipinski definition) is 3. The molecule has 0 amide bonds. The van der Waals surface area contributed by atoms with Gasteiger partial charge in [-0.25, -0.2) is 4.79 Å². The van der Waals surface area contributed by atoms with Gasteiger partial charge in [-0.05, 0) is 63.4 Å². The molecule has 4 N–H and O–H groups in total. The summed E-state index contributed by atoms with van der Waals surface area (Å²) in [5, 5.41) is 14.7. The lowest BCUT2D eigenvalue weighted by atomic mass is 9.95. The maximum Gasteiger partial charge on any atom is 0.339 e. The van der Waals surface area contributed by atoms with Crippen molar-refractivity contribution in [3.8, 4) is 5.00 Å². The molecule has 0 unspecified atom stereocenters. The summed E-state index contributed by atoms with van der Waals surface area (Å²) in [6.07, 6.45) is 5.63. The second-order valence-corrected chi connectivity index (χ2v) is 7.62. The Labute approximate surface area is 155 Å². The third-order valence-electron chi connectivity index (χ3n) is 4.42. The largest absolute Gasteiger partial charge is 0.478 e. The van der Waals surface area contributed by atoms with Gasteiger partial charge in [-0.15, -0.1) is 11.3 Å². The Morgan fingerprint density at radius 2 is 2.16 bits per heavy atom. The van der Waals surface area contributed by atoms with E-state index in [-0.39, 0.29) is 5.11 Å². The van der Waals surface area contributed by atoms with Crippen LogP contribution in [-0.2, 0) is 12.8 Å². The first-order chi connectivity index (χ1) is 11.9. The van der Waals surface area contributed by atoms with E-state index < -0.39 is 5.97 Å². The van der Waals surface area contributed by atoms with Crippen LogP contribution in [0.4, 0.5) is 0 Å². The van der Waals surface area contributed by atoms with Crippen LogP contribution in [-0.4, -0.2) is 27.0 Å². The summed E-state index contributed by atoms with van der Waals surface area (Å²) in [7, 11) is 0. The van der Waals surface area contributed by atoms with Crippen molar-refractivity contribution in [3.05, 3.63) is 39.0 Å². The first-order valence-corrected chi connectivity index (χ1v) is 9.28. The fraction of sp³-hybridized carbons (Fsp3) is 0.353. The molecule has 0 aromatic carbocycles. The summed E-state index contributed by atoms with van der Waals surface area (Å²) in [5.41, 5.74) is 12.2. The van der Waals surface area contributed by atoms with E-state index in [2.05, 4.69) is 10.5 Å². The standard InChI is InChI=1S/C17H20N4O2S2/c1-9-7-11(8-19-20-17(18)24)10(2)21(9)15-14(16(22)23)12-5-3-4-6-13(12)25-15/h7-8H,3-6H2,1-2H3,(H,22,23)(H3,18,20,24)/b19-8+. The molecule has 25 heavy (non-hydrogen) atoms. The second-order valence-electron chi connectivity index (χ2n) is 6.09. The van der Waals surface area contributed by atoms with Gasteiger partial charge in [-0.1, -0.05) is 0 Å². The molecule has 8 heteroatoms. The van der Waals surface area contributed by atoms with Crippen molar-refractivity contribution in [2.24, 2.45) is 10.8 Å². The molecule has 0 spiro atoms. The molecule has 0 saturated carbocycles. The highest BCUT2D eigenvalue weighted by molar-refractivity contribution is 7.80. The molecule has 0 fully saturated rings. The number of nitrogens with zero attached hydrogens (tertiary/aromatic N) is 2. The van der Waals surface area contributed by atoms with Gasteiger partial charge in [-0.2, -0.15) is 5.10 Å². The quantitative estimate of drug-likeness (QED) is 0.433. The number of rotatable bonds is 4. The van der Waals surface area contributed by atoms with Crippen LogP contribution in [0.5, 0.6) is 0 Å². The zero-order chi connectivity index (χ0) is 18.1. The number of hydrazone groups is 1. The highest BCUT2D eigenvalue weighted by atomic mass is 32.1. The molecule has 1 aliphatic rings. The molecule has 0 bridgehead atoms. The van der Waals surface area contributed by atoms with E-state index >= 15 is 0 Å². The molecule has 2 heterocycles. The van der Waals surface area contributed by atoms with E-state index in [9.17, 15) is 9.90 Å². The van der Waals surface area contributed by atoms with Crippen LogP contribution in [0.25, 0.3) is 5.00 Å². The number of thiophene rings is 1. The zero-order valence-corrected chi connectivity index (χ0v) is 15.8. The summed E-state index contributed by atoms with van der Waals surface area (Å²) >= 11 is 6.33. The number of carboxylic acids is 1. The van der Waals surface area contributed by atoms with Gasteiger partial charge < -0.3 is 15.4 Å². The van der Waals surface area contributed by atoms with E-state index in [0.717, 1.165) is 53.2 Å². The summed E-state index contributed by atoms with van der Waals surface area (Å²) < 4.78 is 2.01. The topological polar surface area (TPSA) is 92.6 Å². The van der Waals surface area contributed by atoms with Gasteiger partial charge in [0.1, 0.15) is 5.00 Å². The third kappa shape index (κ3) is 3.32. The minimum absolute atomic E-state index is 0.101. The predicted octanol–water partition coefficient (Wildman–Crippen LogP) is 2.90. The van der Waals surface area contributed by atoms with Crippen LogP contribution in [0.3, 0.4) is 0 Å². The molecular formula is C17H20N4O2S2. The van der Waals surface area contributed by atoms with E-state index in [1.807, 2.05) is 24.5 Å². The Kier molecular flexibility index (Phi) is 4.91. The lowest BCUT2D eigenvalue weighted by Crippen LogP contribution is -2.24. The number of aryl methyl sites for hydroxylation is 2.